The van der Waals surface area contributed by atoms with E-state index in [1.807, 2.05) is 24.4 Å². The van der Waals surface area contributed by atoms with Crippen LogP contribution in [0.15, 0.2) is 30.6 Å². The smallest absolute Gasteiger partial charge is 0.136 e. The third kappa shape index (κ3) is 2.72. The molecule has 0 unspecified atom stereocenters. The van der Waals surface area contributed by atoms with Crippen LogP contribution in [-0.4, -0.2) is 39.1 Å². The number of fused-ring (bicyclic) bond motifs is 1. The summed E-state index contributed by atoms with van der Waals surface area (Å²) >= 11 is 0. The zero-order valence-corrected chi connectivity index (χ0v) is 12.1. The third-order valence-corrected chi connectivity index (χ3v) is 4.60. The molecule has 2 aromatic rings. The fraction of sp³-hybridized carbons (Fsp3) is 0.562. The Labute approximate surface area is 120 Å². The van der Waals surface area contributed by atoms with E-state index in [-0.39, 0.29) is 0 Å². The Kier molecular flexibility index (Phi) is 4.03. The molecule has 0 aromatic carbocycles. The lowest BCUT2D eigenvalue weighted by Gasteiger charge is -2.34. The molecule has 1 aliphatic carbocycles. The Morgan fingerprint density at radius 3 is 2.85 bits per heavy atom. The summed E-state index contributed by atoms with van der Waals surface area (Å²) in [6, 6.07) is 6.74. The van der Waals surface area contributed by atoms with Crippen molar-refractivity contribution in [1.82, 2.24) is 14.3 Å². The summed E-state index contributed by atoms with van der Waals surface area (Å²) in [5.74, 6) is 0.524. The Morgan fingerprint density at radius 2 is 2.10 bits per heavy atom. The van der Waals surface area contributed by atoms with Gasteiger partial charge < -0.3 is 9.51 Å². The first-order valence-electron chi connectivity index (χ1n) is 7.50. The Morgan fingerprint density at radius 1 is 1.30 bits per heavy atom. The van der Waals surface area contributed by atoms with Gasteiger partial charge in [-0.3, -0.25) is 4.90 Å². The van der Waals surface area contributed by atoms with Crippen molar-refractivity contribution in [3.8, 4) is 0 Å². The molecule has 4 heteroatoms. The van der Waals surface area contributed by atoms with E-state index in [0.717, 1.165) is 25.0 Å². The Bertz CT molecular complexity index is 558. The number of nitrogens with zero attached hydrogens (tertiary/aromatic N) is 3. The van der Waals surface area contributed by atoms with Gasteiger partial charge >= 0.3 is 0 Å². The van der Waals surface area contributed by atoms with Gasteiger partial charge in [-0.15, -0.1) is 0 Å². The molecular formula is C16H23N3O. The molecule has 2 aromatic heterocycles. The van der Waals surface area contributed by atoms with E-state index in [1.54, 1.807) is 0 Å². The zero-order chi connectivity index (χ0) is 13.9. The van der Waals surface area contributed by atoms with Gasteiger partial charge in [0, 0.05) is 25.4 Å². The number of aromatic nitrogens is 2. The van der Waals surface area contributed by atoms with Crippen LogP contribution in [0.25, 0.3) is 5.65 Å². The van der Waals surface area contributed by atoms with Gasteiger partial charge in [0.25, 0.3) is 0 Å². The van der Waals surface area contributed by atoms with Gasteiger partial charge in [0.15, 0.2) is 0 Å². The molecule has 0 radical (unpaired) electrons. The summed E-state index contributed by atoms with van der Waals surface area (Å²) in [6.07, 6.45) is 8.74. The monoisotopic (exact) mass is 273 g/mol. The van der Waals surface area contributed by atoms with Crippen LogP contribution >= 0.6 is 0 Å². The average molecular weight is 273 g/mol. The summed E-state index contributed by atoms with van der Waals surface area (Å²) in [4.78, 5) is 6.88. The molecule has 4 nitrogen and oxygen atoms in total. The molecule has 3 rings (SSSR count). The van der Waals surface area contributed by atoms with Crippen molar-refractivity contribution in [3.05, 3.63) is 36.3 Å². The summed E-state index contributed by atoms with van der Waals surface area (Å²) in [5, 5.41) is 9.22. The topological polar surface area (TPSA) is 40.8 Å². The predicted molar refractivity (Wildman–Crippen MR) is 79.5 cm³/mol. The van der Waals surface area contributed by atoms with Gasteiger partial charge in [-0.05, 0) is 50.8 Å². The van der Waals surface area contributed by atoms with Crippen LogP contribution in [-0.2, 0) is 6.54 Å². The van der Waals surface area contributed by atoms with Crippen LogP contribution < -0.4 is 0 Å². The lowest BCUT2D eigenvalue weighted by molar-refractivity contribution is 0.123. The molecule has 0 spiro atoms. The molecule has 1 fully saturated rings. The number of pyridine rings is 1. The van der Waals surface area contributed by atoms with Gasteiger partial charge in [0.1, 0.15) is 5.65 Å². The van der Waals surface area contributed by atoms with Crippen molar-refractivity contribution < 1.29 is 5.11 Å². The van der Waals surface area contributed by atoms with E-state index in [2.05, 4.69) is 27.5 Å². The molecule has 1 N–H and O–H groups in total. The van der Waals surface area contributed by atoms with Gasteiger partial charge in [-0.1, -0.05) is 6.07 Å². The SMILES string of the molecule is CN(Cc1cnc2ccccn12)C1CCC(CO)CC1. The highest BCUT2D eigenvalue weighted by Crippen LogP contribution is 2.27. The van der Waals surface area contributed by atoms with Crippen LogP contribution in [0.1, 0.15) is 31.4 Å². The standard InChI is InChI=1S/C16H23N3O/c1-18(14-7-5-13(12-20)6-8-14)11-15-10-17-16-4-2-3-9-19(15)16/h2-4,9-10,13-14,20H,5-8,11-12H2,1H3. The van der Waals surface area contributed by atoms with Crippen LogP contribution in [0.2, 0.25) is 0 Å². The van der Waals surface area contributed by atoms with E-state index in [4.69, 9.17) is 0 Å². The van der Waals surface area contributed by atoms with Crippen molar-refractivity contribution in [2.45, 2.75) is 38.3 Å². The van der Waals surface area contributed by atoms with Crippen LogP contribution in [0.4, 0.5) is 0 Å². The second-order valence-corrected chi connectivity index (χ2v) is 5.95. The number of rotatable bonds is 4. The molecular weight excluding hydrogens is 250 g/mol. The molecule has 0 amide bonds. The number of hydrogen-bond acceptors (Lipinski definition) is 3. The first-order valence-corrected chi connectivity index (χ1v) is 7.50. The molecule has 0 bridgehead atoms. The van der Waals surface area contributed by atoms with Gasteiger partial charge in [0.2, 0.25) is 0 Å². The fourth-order valence-electron chi connectivity index (χ4n) is 3.25. The van der Waals surface area contributed by atoms with Crippen LogP contribution in [0, 0.1) is 5.92 Å². The average Bonchev–Trinajstić information content (AvgIpc) is 2.91. The maximum atomic E-state index is 9.22. The summed E-state index contributed by atoms with van der Waals surface area (Å²) in [7, 11) is 2.20. The molecule has 0 aliphatic heterocycles. The van der Waals surface area contributed by atoms with Crippen LogP contribution in [0.3, 0.4) is 0 Å². The second-order valence-electron chi connectivity index (χ2n) is 5.95. The summed E-state index contributed by atoms with van der Waals surface area (Å²) in [6.45, 7) is 1.28. The molecule has 1 aliphatic rings. The van der Waals surface area contributed by atoms with E-state index in [1.165, 1.54) is 18.5 Å². The van der Waals surface area contributed by atoms with Gasteiger partial charge in [0.05, 0.1) is 11.9 Å². The molecule has 20 heavy (non-hydrogen) atoms. The fourth-order valence-corrected chi connectivity index (χ4v) is 3.25. The highest BCUT2D eigenvalue weighted by molar-refractivity contribution is 5.39. The predicted octanol–water partition coefficient (Wildman–Crippen LogP) is 2.32. The molecule has 108 valence electrons. The summed E-state index contributed by atoms with van der Waals surface area (Å²) < 4.78 is 2.16. The van der Waals surface area contributed by atoms with E-state index in [0.29, 0.717) is 18.6 Å². The number of aliphatic hydroxyl groups is 1. The molecule has 1 saturated carbocycles. The lowest BCUT2D eigenvalue weighted by Crippen LogP contribution is -2.35. The van der Waals surface area contributed by atoms with Crippen molar-refractivity contribution >= 4 is 5.65 Å². The highest BCUT2D eigenvalue weighted by atomic mass is 16.3. The normalized spacial score (nSPS) is 23.6. The molecule has 2 heterocycles. The summed E-state index contributed by atoms with van der Waals surface area (Å²) in [5.41, 5.74) is 2.26. The quantitative estimate of drug-likeness (QED) is 0.929. The van der Waals surface area contributed by atoms with Gasteiger partial charge in [-0.25, -0.2) is 4.98 Å². The Balaban J connectivity index is 1.65. The van der Waals surface area contributed by atoms with Crippen LogP contribution in [0.5, 0.6) is 0 Å². The largest absolute Gasteiger partial charge is 0.396 e. The zero-order valence-electron chi connectivity index (χ0n) is 12.1. The van der Waals surface area contributed by atoms with Crippen molar-refractivity contribution in [2.75, 3.05) is 13.7 Å². The number of imidazole rings is 1. The van der Waals surface area contributed by atoms with E-state index >= 15 is 0 Å². The first-order chi connectivity index (χ1) is 9.78. The van der Waals surface area contributed by atoms with E-state index < -0.39 is 0 Å². The maximum absolute atomic E-state index is 9.22. The highest BCUT2D eigenvalue weighted by Gasteiger charge is 2.23. The minimum Gasteiger partial charge on any atom is -0.396 e. The first kappa shape index (κ1) is 13.6. The maximum Gasteiger partial charge on any atom is 0.136 e. The third-order valence-electron chi connectivity index (χ3n) is 4.60. The molecule has 0 saturated heterocycles. The minimum atomic E-state index is 0.351. The second kappa shape index (κ2) is 5.94. The number of hydrogen-bond donors (Lipinski definition) is 1. The van der Waals surface area contributed by atoms with Crippen molar-refractivity contribution in [1.29, 1.82) is 0 Å². The van der Waals surface area contributed by atoms with Gasteiger partial charge in [-0.2, -0.15) is 0 Å². The van der Waals surface area contributed by atoms with Crippen molar-refractivity contribution in [3.63, 3.8) is 0 Å². The van der Waals surface area contributed by atoms with Crippen molar-refractivity contribution in [2.24, 2.45) is 5.92 Å². The van der Waals surface area contributed by atoms with E-state index in [9.17, 15) is 5.11 Å². The minimum absolute atomic E-state index is 0.351. The lowest BCUT2D eigenvalue weighted by atomic mass is 9.86. The molecule has 0 atom stereocenters. The number of aliphatic hydroxyl groups excluding tert-OH is 1. The Hall–Kier alpha value is -1.39.